The third-order valence-electron chi connectivity index (χ3n) is 5.18. The van der Waals surface area contributed by atoms with Crippen LogP contribution in [0.15, 0.2) is 0 Å². The zero-order valence-corrected chi connectivity index (χ0v) is 13.0. The van der Waals surface area contributed by atoms with E-state index in [1.165, 1.54) is 32.1 Å². The van der Waals surface area contributed by atoms with Crippen LogP contribution in [0.4, 0.5) is 0 Å². The number of nitrogens with one attached hydrogen (secondary N) is 2. The summed E-state index contributed by atoms with van der Waals surface area (Å²) in [5, 5.41) is 6.63. The van der Waals surface area contributed by atoms with Crippen molar-refractivity contribution >= 4 is 5.91 Å². The molecular weight excluding hydrogens is 252 g/mol. The molecule has 2 N–H and O–H groups in total. The van der Waals surface area contributed by atoms with E-state index in [2.05, 4.69) is 17.6 Å². The zero-order chi connectivity index (χ0) is 14.4. The summed E-state index contributed by atoms with van der Waals surface area (Å²) in [6.07, 6.45) is 8.28. The van der Waals surface area contributed by atoms with Crippen LogP contribution in [-0.4, -0.2) is 38.8 Å². The van der Waals surface area contributed by atoms with Gasteiger partial charge in [-0.05, 0) is 51.6 Å². The molecule has 1 unspecified atom stereocenters. The van der Waals surface area contributed by atoms with Crippen molar-refractivity contribution in [2.45, 2.75) is 57.9 Å². The molecule has 116 valence electrons. The van der Waals surface area contributed by atoms with Gasteiger partial charge in [0, 0.05) is 13.2 Å². The minimum absolute atomic E-state index is 0.207. The number of piperidine rings is 1. The summed E-state index contributed by atoms with van der Waals surface area (Å²) >= 11 is 0. The van der Waals surface area contributed by atoms with Crippen molar-refractivity contribution in [3.63, 3.8) is 0 Å². The predicted octanol–water partition coefficient (Wildman–Crippen LogP) is 2.09. The maximum atomic E-state index is 12.7. The lowest BCUT2D eigenvalue weighted by Gasteiger charge is -2.38. The highest BCUT2D eigenvalue weighted by atomic mass is 16.5. The van der Waals surface area contributed by atoms with Crippen LogP contribution in [0.1, 0.15) is 51.9 Å². The lowest BCUT2D eigenvalue weighted by Crippen LogP contribution is -2.53. The quantitative estimate of drug-likeness (QED) is 0.812. The highest BCUT2D eigenvalue weighted by Gasteiger charge is 2.40. The van der Waals surface area contributed by atoms with Crippen LogP contribution in [0.3, 0.4) is 0 Å². The Morgan fingerprint density at radius 1 is 1.30 bits per heavy atom. The molecule has 0 bridgehead atoms. The molecule has 2 rings (SSSR count). The Bertz CT molecular complexity index is 302. The first kappa shape index (κ1) is 15.8. The van der Waals surface area contributed by atoms with Crippen molar-refractivity contribution in [1.29, 1.82) is 0 Å². The van der Waals surface area contributed by atoms with Gasteiger partial charge in [0.1, 0.15) is 0 Å². The highest BCUT2D eigenvalue weighted by molar-refractivity contribution is 5.83. The first-order chi connectivity index (χ1) is 9.68. The summed E-state index contributed by atoms with van der Waals surface area (Å²) in [7, 11) is 1.70. The molecule has 4 nitrogen and oxygen atoms in total. The van der Waals surface area contributed by atoms with Gasteiger partial charge in [-0.25, -0.2) is 0 Å². The number of rotatable bonds is 5. The number of hydrogen-bond acceptors (Lipinski definition) is 3. The van der Waals surface area contributed by atoms with Gasteiger partial charge < -0.3 is 15.4 Å². The van der Waals surface area contributed by atoms with Gasteiger partial charge in [-0.2, -0.15) is 0 Å². The Kier molecular flexibility index (Phi) is 5.85. The van der Waals surface area contributed by atoms with Gasteiger partial charge in [-0.15, -0.1) is 0 Å². The second-order valence-electron chi connectivity index (χ2n) is 6.62. The molecule has 0 spiro atoms. The largest absolute Gasteiger partial charge is 0.384 e. The van der Waals surface area contributed by atoms with E-state index in [0.717, 1.165) is 25.9 Å². The Labute approximate surface area is 123 Å². The third kappa shape index (κ3) is 3.73. The average molecular weight is 282 g/mol. The van der Waals surface area contributed by atoms with Gasteiger partial charge in [0.05, 0.1) is 12.0 Å². The predicted molar refractivity (Wildman–Crippen MR) is 80.6 cm³/mol. The van der Waals surface area contributed by atoms with Crippen molar-refractivity contribution in [3.05, 3.63) is 0 Å². The lowest BCUT2D eigenvalue weighted by molar-refractivity contribution is -0.137. The standard InChI is InChI=1S/C16H30N2O2/c1-13(14-6-4-3-5-7-14)18-15(19)16(12-20-2)8-10-17-11-9-16/h13-14,17H,3-12H2,1-2H3,(H,18,19). The minimum Gasteiger partial charge on any atom is -0.384 e. The first-order valence-corrected chi connectivity index (χ1v) is 8.18. The van der Waals surface area contributed by atoms with E-state index in [0.29, 0.717) is 18.6 Å². The van der Waals surface area contributed by atoms with Crippen LogP contribution in [0, 0.1) is 11.3 Å². The molecule has 1 aliphatic heterocycles. The fourth-order valence-electron chi connectivity index (χ4n) is 3.73. The molecule has 1 saturated heterocycles. The monoisotopic (exact) mass is 282 g/mol. The van der Waals surface area contributed by atoms with Crippen LogP contribution in [0.25, 0.3) is 0 Å². The molecule has 0 aromatic heterocycles. The number of amides is 1. The molecule has 1 amide bonds. The van der Waals surface area contributed by atoms with E-state index < -0.39 is 0 Å². The van der Waals surface area contributed by atoms with Crippen LogP contribution in [-0.2, 0) is 9.53 Å². The Hall–Kier alpha value is -0.610. The normalized spacial score (nSPS) is 25.1. The molecule has 2 fully saturated rings. The van der Waals surface area contributed by atoms with Gasteiger partial charge in [0.2, 0.25) is 5.91 Å². The van der Waals surface area contributed by atoms with Crippen LogP contribution in [0.2, 0.25) is 0 Å². The number of carbonyl (C=O) groups is 1. The minimum atomic E-state index is -0.317. The zero-order valence-electron chi connectivity index (χ0n) is 13.0. The van der Waals surface area contributed by atoms with Crippen molar-refractivity contribution in [2.24, 2.45) is 11.3 Å². The van der Waals surface area contributed by atoms with Crippen LogP contribution in [0.5, 0.6) is 0 Å². The molecule has 0 aromatic rings. The second-order valence-corrected chi connectivity index (χ2v) is 6.62. The van der Waals surface area contributed by atoms with Crippen molar-refractivity contribution in [3.8, 4) is 0 Å². The van der Waals surface area contributed by atoms with Crippen molar-refractivity contribution < 1.29 is 9.53 Å². The summed E-state index contributed by atoms with van der Waals surface area (Å²) in [5.41, 5.74) is -0.317. The van der Waals surface area contributed by atoms with E-state index in [1.54, 1.807) is 7.11 Å². The first-order valence-electron chi connectivity index (χ1n) is 8.18. The van der Waals surface area contributed by atoms with Crippen molar-refractivity contribution in [1.82, 2.24) is 10.6 Å². The van der Waals surface area contributed by atoms with Gasteiger partial charge >= 0.3 is 0 Å². The van der Waals surface area contributed by atoms with E-state index in [-0.39, 0.29) is 11.3 Å². The van der Waals surface area contributed by atoms with Crippen LogP contribution >= 0.6 is 0 Å². The van der Waals surface area contributed by atoms with Gasteiger partial charge in [0.25, 0.3) is 0 Å². The second kappa shape index (κ2) is 7.41. The van der Waals surface area contributed by atoms with Crippen molar-refractivity contribution in [2.75, 3.05) is 26.8 Å². The van der Waals surface area contributed by atoms with Gasteiger partial charge in [-0.3, -0.25) is 4.79 Å². The smallest absolute Gasteiger partial charge is 0.228 e. The lowest BCUT2D eigenvalue weighted by atomic mass is 9.77. The number of carbonyl (C=O) groups excluding carboxylic acids is 1. The maximum absolute atomic E-state index is 12.7. The summed E-state index contributed by atoms with van der Waals surface area (Å²) in [6, 6.07) is 0.298. The third-order valence-corrected chi connectivity index (χ3v) is 5.18. The summed E-state index contributed by atoms with van der Waals surface area (Å²) in [6.45, 7) is 4.54. The Balaban J connectivity index is 1.93. The van der Waals surface area contributed by atoms with Crippen LogP contribution < -0.4 is 10.6 Å². The number of hydrogen-bond donors (Lipinski definition) is 2. The van der Waals surface area contributed by atoms with E-state index in [4.69, 9.17) is 4.74 Å². The summed E-state index contributed by atoms with van der Waals surface area (Å²) < 4.78 is 5.34. The highest BCUT2D eigenvalue weighted by Crippen LogP contribution is 2.31. The van der Waals surface area contributed by atoms with Gasteiger partial charge in [-0.1, -0.05) is 19.3 Å². The molecule has 0 radical (unpaired) electrons. The Morgan fingerprint density at radius 2 is 1.95 bits per heavy atom. The fraction of sp³-hybridized carbons (Fsp3) is 0.938. The fourth-order valence-corrected chi connectivity index (χ4v) is 3.73. The molecule has 20 heavy (non-hydrogen) atoms. The summed E-state index contributed by atoms with van der Waals surface area (Å²) in [4.78, 5) is 12.7. The molecule has 1 aliphatic carbocycles. The molecule has 1 saturated carbocycles. The molecular formula is C16H30N2O2. The molecule has 4 heteroatoms. The van der Waals surface area contributed by atoms with E-state index in [9.17, 15) is 4.79 Å². The van der Waals surface area contributed by atoms with E-state index >= 15 is 0 Å². The number of ether oxygens (including phenoxy) is 1. The molecule has 1 heterocycles. The molecule has 2 aliphatic rings. The molecule has 0 aromatic carbocycles. The topological polar surface area (TPSA) is 50.4 Å². The van der Waals surface area contributed by atoms with E-state index in [1.807, 2.05) is 0 Å². The number of methoxy groups -OCH3 is 1. The summed E-state index contributed by atoms with van der Waals surface area (Å²) in [5.74, 6) is 0.868. The SMILES string of the molecule is COCC1(C(=O)NC(C)C2CCCCC2)CCNCC1. The maximum Gasteiger partial charge on any atom is 0.228 e. The molecule has 1 atom stereocenters. The van der Waals surface area contributed by atoms with Gasteiger partial charge in [0.15, 0.2) is 0 Å². The Morgan fingerprint density at radius 3 is 2.55 bits per heavy atom. The average Bonchev–Trinajstić information content (AvgIpc) is 2.49.